The van der Waals surface area contributed by atoms with Gasteiger partial charge in [0.1, 0.15) is 0 Å². The van der Waals surface area contributed by atoms with Gasteiger partial charge in [0.15, 0.2) is 0 Å². The number of anilines is 1. The van der Waals surface area contributed by atoms with Gasteiger partial charge in [-0.3, -0.25) is 4.98 Å². The van der Waals surface area contributed by atoms with Gasteiger partial charge in [-0.15, -0.1) is 0 Å². The molecule has 4 nitrogen and oxygen atoms in total. The summed E-state index contributed by atoms with van der Waals surface area (Å²) in [4.78, 5) is 8.76. The third-order valence-electron chi connectivity index (χ3n) is 3.00. The highest BCUT2D eigenvalue weighted by Crippen LogP contribution is 2.14. The molecule has 0 saturated heterocycles. The molecule has 2 heterocycles. The van der Waals surface area contributed by atoms with Crippen molar-refractivity contribution in [3.8, 4) is 0 Å². The van der Waals surface area contributed by atoms with Gasteiger partial charge in [-0.1, -0.05) is 13.0 Å². The summed E-state index contributed by atoms with van der Waals surface area (Å²) < 4.78 is 2.12. The predicted molar refractivity (Wildman–Crippen MR) is 73.6 cm³/mol. The van der Waals surface area contributed by atoms with E-state index in [4.69, 9.17) is 0 Å². The van der Waals surface area contributed by atoms with Crippen molar-refractivity contribution in [3.63, 3.8) is 0 Å². The Morgan fingerprint density at radius 2 is 2.11 bits per heavy atom. The quantitative estimate of drug-likeness (QED) is 0.879. The van der Waals surface area contributed by atoms with Crippen molar-refractivity contribution < 1.29 is 0 Å². The second-order valence-electron chi connectivity index (χ2n) is 4.57. The number of nitrogens with one attached hydrogen (secondary N) is 1. The molecule has 0 aliphatic rings. The molecule has 96 valence electrons. The molecule has 0 saturated carbocycles. The van der Waals surface area contributed by atoms with E-state index in [0.717, 1.165) is 18.1 Å². The molecule has 2 rings (SSSR count). The highest BCUT2D eigenvalue weighted by molar-refractivity contribution is 5.30. The lowest BCUT2D eigenvalue weighted by molar-refractivity contribution is 0.604. The van der Waals surface area contributed by atoms with Crippen LogP contribution in [0, 0.1) is 0 Å². The summed E-state index contributed by atoms with van der Waals surface area (Å²) in [5.41, 5.74) is 2.38. The normalized spacial score (nSPS) is 10.9. The summed E-state index contributed by atoms with van der Waals surface area (Å²) in [6.45, 7) is 7.15. The van der Waals surface area contributed by atoms with Gasteiger partial charge >= 0.3 is 0 Å². The molecular formula is C14H20N4. The summed E-state index contributed by atoms with van der Waals surface area (Å²) in [7, 11) is 0. The zero-order chi connectivity index (χ0) is 13.0. The molecule has 0 atom stereocenters. The Morgan fingerprint density at radius 1 is 1.28 bits per heavy atom. The van der Waals surface area contributed by atoms with Gasteiger partial charge in [-0.05, 0) is 31.9 Å². The van der Waals surface area contributed by atoms with Crippen LogP contribution in [-0.4, -0.2) is 14.5 Å². The summed E-state index contributed by atoms with van der Waals surface area (Å²) in [5.74, 6) is 0.901. The minimum atomic E-state index is 0.407. The molecule has 0 aliphatic carbocycles. The third kappa shape index (κ3) is 2.70. The largest absolute Gasteiger partial charge is 0.350 e. The van der Waals surface area contributed by atoms with Gasteiger partial charge in [0.2, 0.25) is 5.95 Å². The summed E-state index contributed by atoms with van der Waals surface area (Å²) in [6.07, 6.45) is 6.65. The Morgan fingerprint density at radius 3 is 2.83 bits per heavy atom. The standard InChI is InChI=1S/C14H20N4/c1-4-12-6-5-7-15-13(12)10-17-14-16-8-9-18(14)11(2)3/h5-9,11H,4,10H2,1-3H3,(H,16,17). The molecule has 0 radical (unpaired) electrons. The Labute approximate surface area is 108 Å². The fourth-order valence-corrected chi connectivity index (χ4v) is 1.98. The number of imidazole rings is 1. The van der Waals surface area contributed by atoms with Crippen LogP contribution < -0.4 is 5.32 Å². The topological polar surface area (TPSA) is 42.7 Å². The molecule has 18 heavy (non-hydrogen) atoms. The molecule has 1 N–H and O–H groups in total. The number of hydrogen-bond acceptors (Lipinski definition) is 3. The van der Waals surface area contributed by atoms with Crippen LogP contribution >= 0.6 is 0 Å². The number of hydrogen-bond donors (Lipinski definition) is 1. The summed E-state index contributed by atoms with van der Waals surface area (Å²) in [6, 6.07) is 4.51. The first-order valence-corrected chi connectivity index (χ1v) is 6.41. The highest BCUT2D eigenvalue weighted by Gasteiger charge is 2.07. The first kappa shape index (κ1) is 12.6. The molecule has 2 aromatic rings. The maximum atomic E-state index is 4.42. The van der Waals surface area contributed by atoms with Crippen molar-refractivity contribution in [2.75, 3.05) is 5.32 Å². The van der Waals surface area contributed by atoms with E-state index < -0.39 is 0 Å². The molecule has 0 amide bonds. The number of nitrogens with zero attached hydrogens (tertiary/aromatic N) is 3. The van der Waals surface area contributed by atoms with Crippen LogP contribution in [0.1, 0.15) is 38.1 Å². The molecule has 4 heteroatoms. The third-order valence-corrected chi connectivity index (χ3v) is 3.00. The van der Waals surface area contributed by atoms with E-state index in [1.165, 1.54) is 5.56 Å². The van der Waals surface area contributed by atoms with Crippen molar-refractivity contribution in [3.05, 3.63) is 42.0 Å². The van der Waals surface area contributed by atoms with E-state index in [1.807, 2.05) is 24.7 Å². The fraction of sp³-hybridized carbons (Fsp3) is 0.429. The van der Waals surface area contributed by atoms with Crippen LogP contribution in [-0.2, 0) is 13.0 Å². The van der Waals surface area contributed by atoms with Gasteiger partial charge in [0.05, 0.1) is 12.2 Å². The predicted octanol–water partition coefficient (Wildman–Crippen LogP) is 3.03. The van der Waals surface area contributed by atoms with Crippen molar-refractivity contribution in [2.45, 2.75) is 39.8 Å². The molecule has 0 spiro atoms. The highest BCUT2D eigenvalue weighted by atomic mass is 15.2. The number of aryl methyl sites for hydroxylation is 1. The lowest BCUT2D eigenvalue weighted by Gasteiger charge is -2.13. The molecule has 0 fully saturated rings. The molecule has 2 aromatic heterocycles. The maximum Gasteiger partial charge on any atom is 0.203 e. The molecule has 0 bridgehead atoms. The van der Waals surface area contributed by atoms with Crippen LogP contribution in [0.2, 0.25) is 0 Å². The average molecular weight is 244 g/mol. The first-order valence-electron chi connectivity index (χ1n) is 6.41. The van der Waals surface area contributed by atoms with Crippen LogP contribution in [0.3, 0.4) is 0 Å². The van der Waals surface area contributed by atoms with Gasteiger partial charge in [0, 0.05) is 24.6 Å². The number of pyridine rings is 1. The second kappa shape index (κ2) is 5.67. The molecule has 0 aliphatic heterocycles. The van der Waals surface area contributed by atoms with Gasteiger partial charge in [-0.2, -0.15) is 0 Å². The SMILES string of the molecule is CCc1cccnc1CNc1nccn1C(C)C. The van der Waals surface area contributed by atoms with Crippen molar-refractivity contribution >= 4 is 5.95 Å². The molecular weight excluding hydrogens is 224 g/mol. The minimum Gasteiger partial charge on any atom is -0.350 e. The Balaban J connectivity index is 2.09. The maximum absolute atomic E-state index is 4.42. The molecule has 0 aromatic carbocycles. The Bertz CT molecular complexity index is 502. The van der Waals surface area contributed by atoms with E-state index in [-0.39, 0.29) is 0 Å². The van der Waals surface area contributed by atoms with E-state index >= 15 is 0 Å². The Hall–Kier alpha value is -1.84. The van der Waals surface area contributed by atoms with Gasteiger partial charge in [-0.25, -0.2) is 4.98 Å². The average Bonchev–Trinajstić information content (AvgIpc) is 2.85. The lowest BCUT2D eigenvalue weighted by Crippen LogP contribution is -2.10. The first-order chi connectivity index (χ1) is 8.72. The zero-order valence-electron chi connectivity index (χ0n) is 11.2. The van der Waals surface area contributed by atoms with Crippen LogP contribution in [0.15, 0.2) is 30.7 Å². The summed E-state index contributed by atoms with van der Waals surface area (Å²) in [5, 5.41) is 3.35. The van der Waals surface area contributed by atoms with Crippen molar-refractivity contribution in [1.29, 1.82) is 0 Å². The van der Waals surface area contributed by atoms with E-state index in [9.17, 15) is 0 Å². The smallest absolute Gasteiger partial charge is 0.203 e. The van der Waals surface area contributed by atoms with Crippen molar-refractivity contribution in [1.82, 2.24) is 14.5 Å². The van der Waals surface area contributed by atoms with E-state index in [1.54, 1.807) is 0 Å². The number of aromatic nitrogens is 3. The van der Waals surface area contributed by atoms with E-state index in [0.29, 0.717) is 12.6 Å². The second-order valence-corrected chi connectivity index (χ2v) is 4.57. The van der Waals surface area contributed by atoms with Crippen LogP contribution in [0.5, 0.6) is 0 Å². The Kier molecular flexibility index (Phi) is 3.97. The van der Waals surface area contributed by atoms with Gasteiger partial charge in [0.25, 0.3) is 0 Å². The summed E-state index contributed by atoms with van der Waals surface area (Å²) >= 11 is 0. The molecule has 0 unspecified atom stereocenters. The lowest BCUT2D eigenvalue weighted by atomic mass is 10.1. The monoisotopic (exact) mass is 244 g/mol. The van der Waals surface area contributed by atoms with Crippen LogP contribution in [0.4, 0.5) is 5.95 Å². The van der Waals surface area contributed by atoms with Crippen LogP contribution in [0.25, 0.3) is 0 Å². The number of rotatable bonds is 5. The fourth-order valence-electron chi connectivity index (χ4n) is 1.98. The van der Waals surface area contributed by atoms with Crippen molar-refractivity contribution in [2.24, 2.45) is 0 Å². The van der Waals surface area contributed by atoms with E-state index in [2.05, 4.69) is 46.7 Å². The van der Waals surface area contributed by atoms with Gasteiger partial charge < -0.3 is 9.88 Å². The zero-order valence-corrected chi connectivity index (χ0v) is 11.2. The minimum absolute atomic E-state index is 0.407.